The highest BCUT2D eigenvalue weighted by Crippen LogP contribution is 2.43. The van der Waals surface area contributed by atoms with Gasteiger partial charge in [0.1, 0.15) is 18.8 Å². The second-order valence-electron chi connectivity index (χ2n) is 9.60. The number of ether oxygens (including phenoxy) is 1. The van der Waals surface area contributed by atoms with Gasteiger partial charge in [0.15, 0.2) is 0 Å². The highest BCUT2D eigenvalue weighted by Gasteiger charge is 2.24. The van der Waals surface area contributed by atoms with Crippen molar-refractivity contribution in [2.45, 2.75) is 109 Å². The van der Waals surface area contributed by atoms with Crippen LogP contribution in [0.5, 0.6) is 0 Å². The molecule has 10 heteroatoms. The first-order chi connectivity index (χ1) is 19.3. The highest BCUT2D eigenvalue weighted by atomic mass is 31.2. The lowest BCUT2D eigenvalue weighted by atomic mass is 10.1. The molecule has 0 saturated heterocycles. The normalized spacial score (nSPS) is 15.4. The quantitative estimate of drug-likeness (QED) is 0.0388. The number of esters is 1. The van der Waals surface area contributed by atoms with E-state index in [-0.39, 0.29) is 13.0 Å². The van der Waals surface area contributed by atoms with Crippen LogP contribution in [0.15, 0.2) is 48.6 Å². The second-order valence-corrected chi connectivity index (χ2v) is 11.1. The maximum absolute atomic E-state index is 11.8. The van der Waals surface area contributed by atoms with Gasteiger partial charge in [-0.2, -0.15) is 0 Å². The molecule has 4 N–H and O–H groups in total. The molecule has 0 aliphatic rings. The molecular formula is C30H53O9P. The Hall–Kier alpha value is -1.58. The van der Waals surface area contributed by atoms with E-state index >= 15 is 0 Å². The molecule has 0 aromatic rings. The zero-order chi connectivity index (χ0) is 29.7. The molecule has 0 bridgehead atoms. The summed E-state index contributed by atoms with van der Waals surface area (Å²) in [6.07, 6.45) is 29.3. The lowest BCUT2D eigenvalue weighted by Gasteiger charge is -2.16. The Kier molecular flexibility index (Phi) is 26.5. The average Bonchev–Trinajstić information content (AvgIpc) is 2.94. The molecule has 9 nitrogen and oxygen atoms in total. The number of rotatable bonds is 27. The summed E-state index contributed by atoms with van der Waals surface area (Å²) >= 11 is 0. The van der Waals surface area contributed by atoms with E-state index in [1.54, 1.807) is 0 Å². The van der Waals surface area contributed by atoms with Crippen LogP contribution in [0.3, 0.4) is 0 Å². The van der Waals surface area contributed by atoms with Gasteiger partial charge in [-0.25, -0.2) is 4.57 Å². The first-order valence-electron chi connectivity index (χ1n) is 14.6. The Balaban J connectivity index is 3.55. The molecule has 0 spiro atoms. The number of carbonyl (C=O) groups excluding carboxylic acids is 1. The monoisotopic (exact) mass is 588 g/mol. The third kappa shape index (κ3) is 28.0. The number of aliphatic hydroxyl groups is 3. The molecular weight excluding hydrogens is 535 g/mol. The SMILES string of the molecule is CC/C=C\C/C=C\C/C=C\C/C=C\CCCCCCCCCCC(=O)OCC(O)COP(=O)(O)OCC(O)CO. The van der Waals surface area contributed by atoms with Crippen molar-refractivity contribution in [3.63, 3.8) is 0 Å². The van der Waals surface area contributed by atoms with Crippen molar-refractivity contribution in [3.8, 4) is 0 Å². The predicted molar refractivity (Wildman–Crippen MR) is 159 cm³/mol. The average molecular weight is 589 g/mol. The van der Waals surface area contributed by atoms with E-state index in [1.165, 1.54) is 25.7 Å². The smallest absolute Gasteiger partial charge is 0.463 e. The number of phosphoric acid groups is 1. The van der Waals surface area contributed by atoms with Crippen molar-refractivity contribution in [2.75, 3.05) is 26.4 Å². The summed E-state index contributed by atoms with van der Waals surface area (Å²) < 4.78 is 25.6. The summed E-state index contributed by atoms with van der Waals surface area (Å²) in [5.74, 6) is -0.440. The Labute approximate surface area is 241 Å². The van der Waals surface area contributed by atoms with Gasteiger partial charge in [0.25, 0.3) is 0 Å². The lowest BCUT2D eigenvalue weighted by Crippen LogP contribution is -2.24. The van der Waals surface area contributed by atoms with Gasteiger partial charge >= 0.3 is 13.8 Å². The fraction of sp³-hybridized carbons (Fsp3) is 0.700. The van der Waals surface area contributed by atoms with Gasteiger partial charge in [0.05, 0.1) is 19.8 Å². The molecule has 0 heterocycles. The van der Waals surface area contributed by atoms with Gasteiger partial charge in [-0.05, 0) is 44.9 Å². The molecule has 3 unspecified atom stereocenters. The fourth-order valence-corrected chi connectivity index (χ4v) is 4.25. The van der Waals surface area contributed by atoms with Crippen molar-refractivity contribution >= 4 is 13.8 Å². The molecule has 0 radical (unpaired) electrons. The zero-order valence-corrected chi connectivity index (χ0v) is 25.2. The predicted octanol–water partition coefficient (Wildman–Crippen LogP) is 6.08. The molecule has 3 atom stereocenters. The molecule has 0 aliphatic carbocycles. The lowest BCUT2D eigenvalue weighted by molar-refractivity contribution is -0.147. The van der Waals surface area contributed by atoms with E-state index in [9.17, 15) is 19.4 Å². The van der Waals surface area contributed by atoms with Gasteiger partial charge in [0, 0.05) is 6.42 Å². The minimum atomic E-state index is -4.49. The van der Waals surface area contributed by atoms with Crippen molar-refractivity contribution in [3.05, 3.63) is 48.6 Å². The van der Waals surface area contributed by atoms with E-state index in [1.807, 2.05) is 0 Å². The van der Waals surface area contributed by atoms with Crippen LogP contribution in [0.25, 0.3) is 0 Å². The van der Waals surface area contributed by atoms with Crippen LogP contribution in [-0.2, 0) is 23.1 Å². The number of hydrogen-bond acceptors (Lipinski definition) is 8. The molecule has 0 rings (SSSR count). The summed E-state index contributed by atoms with van der Waals surface area (Å²) in [7, 11) is -4.49. The van der Waals surface area contributed by atoms with Crippen LogP contribution in [0.2, 0.25) is 0 Å². The Bertz CT molecular complexity index is 764. The second kappa shape index (κ2) is 27.6. The summed E-state index contributed by atoms with van der Waals surface area (Å²) in [6.45, 7) is -0.0300. The van der Waals surface area contributed by atoms with E-state index in [2.05, 4.69) is 64.6 Å². The molecule has 0 fully saturated rings. The number of phosphoric ester groups is 1. The molecule has 40 heavy (non-hydrogen) atoms. The Morgan fingerprint density at radius 1 is 0.700 bits per heavy atom. The standard InChI is InChI=1S/C30H53O9P/c1-2-3-4-5-6-7-8-9-10-11-12-13-14-15-16-17-18-19-20-21-22-23-30(34)37-25-29(33)27-39-40(35,36)38-26-28(32)24-31/h3-4,6-7,9-10,12-13,28-29,31-33H,2,5,8,11,14-27H2,1H3,(H,35,36)/b4-3-,7-6-,10-9-,13-12-. The minimum Gasteiger partial charge on any atom is -0.463 e. The van der Waals surface area contributed by atoms with Gasteiger partial charge in [-0.1, -0.05) is 94.1 Å². The van der Waals surface area contributed by atoms with Crippen LogP contribution >= 0.6 is 7.82 Å². The van der Waals surface area contributed by atoms with Crippen LogP contribution in [0.1, 0.15) is 96.8 Å². The van der Waals surface area contributed by atoms with Crippen LogP contribution in [0.4, 0.5) is 0 Å². The number of carbonyl (C=O) groups is 1. The summed E-state index contributed by atoms with van der Waals surface area (Å²) in [5, 5.41) is 27.5. The maximum atomic E-state index is 11.8. The van der Waals surface area contributed by atoms with Crippen molar-refractivity contribution in [1.29, 1.82) is 0 Å². The van der Waals surface area contributed by atoms with E-state index in [4.69, 9.17) is 14.9 Å². The first-order valence-corrected chi connectivity index (χ1v) is 16.1. The van der Waals surface area contributed by atoms with Crippen molar-refractivity contribution in [2.24, 2.45) is 0 Å². The van der Waals surface area contributed by atoms with Crippen LogP contribution in [-0.4, -0.2) is 64.8 Å². The van der Waals surface area contributed by atoms with E-state index in [0.29, 0.717) is 6.42 Å². The number of unbranched alkanes of at least 4 members (excludes halogenated alkanes) is 8. The van der Waals surface area contributed by atoms with E-state index < -0.39 is 45.8 Å². The first kappa shape index (κ1) is 38.4. The Morgan fingerprint density at radius 2 is 1.18 bits per heavy atom. The molecule has 232 valence electrons. The topological polar surface area (TPSA) is 143 Å². The summed E-state index contributed by atoms with van der Waals surface area (Å²) in [6, 6.07) is 0. The largest absolute Gasteiger partial charge is 0.472 e. The van der Waals surface area contributed by atoms with Gasteiger partial charge in [-0.3, -0.25) is 13.8 Å². The van der Waals surface area contributed by atoms with Crippen LogP contribution in [0, 0.1) is 0 Å². The third-order valence-corrected chi connectivity index (χ3v) is 6.68. The number of hydrogen-bond donors (Lipinski definition) is 4. The molecule has 0 aromatic heterocycles. The van der Waals surface area contributed by atoms with Crippen molar-refractivity contribution in [1.82, 2.24) is 0 Å². The number of allylic oxidation sites excluding steroid dienone is 8. The van der Waals surface area contributed by atoms with Crippen molar-refractivity contribution < 1.29 is 43.4 Å². The van der Waals surface area contributed by atoms with E-state index in [0.717, 1.165) is 51.4 Å². The minimum absolute atomic E-state index is 0.253. The maximum Gasteiger partial charge on any atom is 0.472 e. The van der Waals surface area contributed by atoms with Gasteiger partial charge < -0.3 is 24.9 Å². The Morgan fingerprint density at radius 3 is 1.73 bits per heavy atom. The molecule has 0 saturated carbocycles. The summed E-state index contributed by atoms with van der Waals surface area (Å²) in [5.41, 5.74) is 0. The van der Waals surface area contributed by atoms with Gasteiger partial charge in [-0.15, -0.1) is 0 Å². The zero-order valence-electron chi connectivity index (χ0n) is 24.3. The van der Waals surface area contributed by atoms with Crippen LogP contribution < -0.4 is 0 Å². The number of aliphatic hydroxyl groups excluding tert-OH is 3. The third-order valence-electron chi connectivity index (χ3n) is 5.73. The molecule has 0 aliphatic heterocycles. The van der Waals surface area contributed by atoms with Gasteiger partial charge in [0.2, 0.25) is 0 Å². The summed E-state index contributed by atoms with van der Waals surface area (Å²) in [4.78, 5) is 21.2. The molecule has 0 aromatic carbocycles. The highest BCUT2D eigenvalue weighted by molar-refractivity contribution is 7.47. The molecule has 0 amide bonds. The fourth-order valence-electron chi connectivity index (χ4n) is 3.45.